The molecular weight excluding hydrogens is 210 g/mol. The molecule has 5 heteroatoms. The molecule has 0 aliphatic rings. The normalized spacial score (nSPS) is 14.7. The summed E-state index contributed by atoms with van der Waals surface area (Å²) in [5, 5.41) is 11.9. The van der Waals surface area contributed by atoms with Gasteiger partial charge in [0, 0.05) is 19.8 Å². The van der Waals surface area contributed by atoms with E-state index in [4.69, 9.17) is 14.6 Å². The van der Waals surface area contributed by atoms with Crippen molar-refractivity contribution in [2.45, 2.75) is 26.3 Å². The molecular formula is C11H23NO4. The van der Waals surface area contributed by atoms with E-state index in [0.29, 0.717) is 19.8 Å². The first kappa shape index (κ1) is 15.3. The van der Waals surface area contributed by atoms with Crippen molar-refractivity contribution < 1.29 is 19.4 Å². The van der Waals surface area contributed by atoms with Crippen LogP contribution in [-0.2, 0) is 14.3 Å². The lowest BCUT2D eigenvalue weighted by Crippen LogP contribution is -2.37. The zero-order valence-electron chi connectivity index (χ0n) is 10.4. The van der Waals surface area contributed by atoms with Crippen LogP contribution in [-0.4, -0.2) is 50.6 Å². The van der Waals surface area contributed by atoms with Crippen LogP contribution in [0.3, 0.4) is 0 Å². The van der Waals surface area contributed by atoms with Gasteiger partial charge in [0.25, 0.3) is 0 Å². The molecule has 96 valence electrons. The Morgan fingerprint density at radius 1 is 1.31 bits per heavy atom. The molecule has 0 aromatic heterocycles. The van der Waals surface area contributed by atoms with Crippen LogP contribution in [0.25, 0.3) is 0 Å². The second-order valence-electron chi connectivity index (χ2n) is 3.83. The third-order valence-corrected chi connectivity index (χ3v) is 2.50. The van der Waals surface area contributed by atoms with Gasteiger partial charge in [0.1, 0.15) is 0 Å². The molecule has 0 bridgehead atoms. The maximum atomic E-state index is 10.7. The molecule has 0 rings (SSSR count). The van der Waals surface area contributed by atoms with Crippen molar-refractivity contribution in [1.82, 2.24) is 5.32 Å². The fourth-order valence-corrected chi connectivity index (χ4v) is 1.14. The van der Waals surface area contributed by atoms with E-state index in [0.717, 1.165) is 13.0 Å². The molecule has 2 N–H and O–H groups in total. The van der Waals surface area contributed by atoms with E-state index in [2.05, 4.69) is 5.32 Å². The Morgan fingerprint density at radius 2 is 2.00 bits per heavy atom. The molecule has 0 aromatic carbocycles. The summed E-state index contributed by atoms with van der Waals surface area (Å²) in [4.78, 5) is 10.7. The van der Waals surface area contributed by atoms with Crippen LogP contribution in [0.2, 0.25) is 0 Å². The average Bonchev–Trinajstić information content (AvgIpc) is 2.26. The minimum absolute atomic E-state index is 0.0172. The van der Waals surface area contributed by atoms with Gasteiger partial charge in [-0.15, -0.1) is 0 Å². The number of rotatable bonds is 10. The zero-order valence-corrected chi connectivity index (χ0v) is 10.4. The van der Waals surface area contributed by atoms with Crippen molar-refractivity contribution in [1.29, 1.82) is 0 Å². The highest BCUT2D eigenvalue weighted by Crippen LogP contribution is 2.01. The van der Waals surface area contributed by atoms with Crippen LogP contribution in [0.1, 0.15) is 20.3 Å². The second-order valence-corrected chi connectivity index (χ2v) is 3.83. The average molecular weight is 233 g/mol. The number of ether oxygens (including phenoxy) is 2. The van der Waals surface area contributed by atoms with Crippen molar-refractivity contribution >= 4 is 5.97 Å². The number of carbonyl (C=O) groups is 1. The SMILES string of the molecule is COCCOCCCNC(C)C(C)C(=O)O. The third kappa shape index (κ3) is 7.62. The summed E-state index contributed by atoms with van der Waals surface area (Å²) in [5.74, 6) is -1.13. The van der Waals surface area contributed by atoms with Crippen LogP contribution in [0.15, 0.2) is 0 Å². The number of carboxylic acids is 1. The fourth-order valence-electron chi connectivity index (χ4n) is 1.14. The smallest absolute Gasteiger partial charge is 0.307 e. The minimum atomic E-state index is -0.767. The molecule has 0 saturated heterocycles. The molecule has 2 unspecified atom stereocenters. The van der Waals surface area contributed by atoms with E-state index in [9.17, 15) is 4.79 Å². The highest BCUT2D eigenvalue weighted by atomic mass is 16.5. The highest BCUT2D eigenvalue weighted by molar-refractivity contribution is 5.70. The second kappa shape index (κ2) is 9.57. The molecule has 0 fully saturated rings. The van der Waals surface area contributed by atoms with Crippen molar-refractivity contribution in [3.63, 3.8) is 0 Å². The van der Waals surface area contributed by atoms with Crippen LogP contribution in [0.5, 0.6) is 0 Å². The zero-order chi connectivity index (χ0) is 12.4. The van der Waals surface area contributed by atoms with E-state index in [1.807, 2.05) is 6.92 Å². The molecule has 0 aromatic rings. The maximum Gasteiger partial charge on any atom is 0.307 e. The van der Waals surface area contributed by atoms with Gasteiger partial charge in [0.05, 0.1) is 19.1 Å². The van der Waals surface area contributed by atoms with Gasteiger partial charge in [0.15, 0.2) is 0 Å². The third-order valence-electron chi connectivity index (χ3n) is 2.50. The monoisotopic (exact) mass is 233 g/mol. The first-order chi connectivity index (χ1) is 7.59. The van der Waals surface area contributed by atoms with Gasteiger partial charge in [-0.25, -0.2) is 0 Å². The molecule has 0 radical (unpaired) electrons. The lowest BCUT2D eigenvalue weighted by atomic mass is 10.0. The van der Waals surface area contributed by atoms with Crippen molar-refractivity contribution in [3.8, 4) is 0 Å². The summed E-state index contributed by atoms with van der Waals surface area (Å²) in [6.07, 6.45) is 0.875. The standard InChI is InChI=1S/C11H23NO4/c1-9(11(13)14)10(2)12-5-4-6-16-8-7-15-3/h9-10,12H,4-8H2,1-3H3,(H,13,14). The van der Waals surface area contributed by atoms with Crippen LogP contribution < -0.4 is 5.32 Å². The Bertz CT molecular complexity index is 187. The Labute approximate surface area is 97.1 Å². The molecule has 0 spiro atoms. The molecule has 5 nitrogen and oxygen atoms in total. The number of hydrogen-bond donors (Lipinski definition) is 2. The summed E-state index contributed by atoms with van der Waals surface area (Å²) in [5.41, 5.74) is 0. The number of nitrogens with one attached hydrogen (secondary N) is 1. The Morgan fingerprint density at radius 3 is 2.56 bits per heavy atom. The van der Waals surface area contributed by atoms with Crippen LogP contribution in [0, 0.1) is 5.92 Å². The van der Waals surface area contributed by atoms with E-state index >= 15 is 0 Å². The predicted octanol–water partition coefficient (Wildman–Crippen LogP) is 0.738. The quantitative estimate of drug-likeness (QED) is 0.545. The molecule has 0 aliphatic heterocycles. The van der Waals surface area contributed by atoms with E-state index in [1.165, 1.54) is 0 Å². The van der Waals surface area contributed by atoms with Crippen molar-refractivity contribution in [3.05, 3.63) is 0 Å². The summed E-state index contributed by atoms with van der Waals surface area (Å²) >= 11 is 0. The molecule has 16 heavy (non-hydrogen) atoms. The summed E-state index contributed by atoms with van der Waals surface area (Å²) in [6, 6.07) is -0.0172. The van der Waals surface area contributed by atoms with Gasteiger partial charge < -0.3 is 19.9 Å². The minimum Gasteiger partial charge on any atom is -0.481 e. The Kier molecular flexibility index (Phi) is 9.18. The van der Waals surface area contributed by atoms with Crippen LogP contribution >= 0.6 is 0 Å². The van der Waals surface area contributed by atoms with Gasteiger partial charge in [-0.2, -0.15) is 0 Å². The Balaban J connectivity index is 3.34. The molecule has 0 aliphatic carbocycles. The van der Waals surface area contributed by atoms with Gasteiger partial charge >= 0.3 is 5.97 Å². The highest BCUT2D eigenvalue weighted by Gasteiger charge is 2.17. The maximum absolute atomic E-state index is 10.7. The molecule has 2 atom stereocenters. The van der Waals surface area contributed by atoms with Crippen molar-refractivity contribution in [2.75, 3.05) is 33.5 Å². The van der Waals surface area contributed by atoms with Gasteiger partial charge in [0.2, 0.25) is 0 Å². The van der Waals surface area contributed by atoms with E-state index in [1.54, 1.807) is 14.0 Å². The predicted molar refractivity (Wildman–Crippen MR) is 61.6 cm³/mol. The number of methoxy groups -OCH3 is 1. The molecule has 0 heterocycles. The van der Waals surface area contributed by atoms with Gasteiger partial charge in [-0.05, 0) is 19.9 Å². The Hall–Kier alpha value is -0.650. The van der Waals surface area contributed by atoms with Gasteiger partial charge in [-0.1, -0.05) is 6.92 Å². The first-order valence-electron chi connectivity index (χ1n) is 5.62. The number of aliphatic carboxylic acids is 1. The topological polar surface area (TPSA) is 67.8 Å². The number of carboxylic acid groups (broad SMARTS) is 1. The first-order valence-corrected chi connectivity index (χ1v) is 5.62. The largest absolute Gasteiger partial charge is 0.481 e. The van der Waals surface area contributed by atoms with Gasteiger partial charge in [-0.3, -0.25) is 4.79 Å². The number of hydrogen-bond acceptors (Lipinski definition) is 4. The summed E-state index contributed by atoms with van der Waals surface area (Å²) < 4.78 is 10.1. The summed E-state index contributed by atoms with van der Waals surface area (Å²) in [7, 11) is 1.64. The fraction of sp³-hybridized carbons (Fsp3) is 0.909. The lowest BCUT2D eigenvalue weighted by molar-refractivity contribution is -0.141. The van der Waals surface area contributed by atoms with Crippen molar-refractivity contribution in [2.24, 2.45) is 5.92 Å². The lowest BCUT2D eigenvalue weighted by Gasteiger charge is -2.17. The van der Waals surface area contributed by atoms with E-state index < -0.39 is 5.97 Å². The summed E-state index contributed by atoms with van der Waals surface area (Å²) in [6.45, 7) is 6.24. The van der Waals surface area contributed by atoms with E-state index in [-0.39, 0.29) is 12.0 Å². The molecule has 0 saturated carbocycles. The van der Waals surface area contributed by atoms with Crippen LogP contribution in [0.4, 0.5) is 0 Å². The molecule has 0 amide bonds.